The molecule has 1 fully saturated rings. The molecule has 1 atom stereocenters. The topological polar surface area (TPSA) is 26.0 Å². The third-order valence-electron chi connectivity index (χ3n) is 2.74. The first-order chi connectivity index (χ1) is 5.22. The van der Waals surface area contributed by atoms with Crippen molar-refractivity contribution in [2.24, 2.45) is 17.6 Å². The van der Waals surface area contributed by atoms with E-state index in [1.54, 1.807) is 0 Å². The Morgan fingerprint density at radius 1 is 1.36 bits per heavy atom. The molecule has 0 aliphatic heterocycles. The van der Waals surface area contributed by atoms with Crippen molar-refractivity contribution < 1.29 is 0 Å². The Morgan fingerprint density at radius 3 is 2.45 bits per heavy atom. The highest BCUT2D eigenvalue weighted by Gasteiger charge is 2.28. The van der Waals surface area contributed by atoms with Crippen LogP contribution < -0.4 is 5.73 Å². The predicted molar refractivity (Wildman–Crippen MR) is 49.4 cm³/mol. The van der Waals surface area contributed by atoms with E-state index in [-0.39, 0.29) is 0 Å². The molecule has 1 aliphatic carbocycles. The Bertz CT molecular complexity index is 103. The van der Waals surface area contributed by atoms with Crippen LogP contribution in [0.2, 0.25) is 0 Å². The highest BCUT2D eigenvalue weighted by molar-refractivity contribution is 4.80. The van der Waals surface area contributed by atoms with Crippen LogP contribution in [0, 0.1) is 11.8 Å². The van der Waals surface area contributed by atoms with Gasteiger partial charge in [0.25, 0.3) is 0 Å². The number of hydrogen-bond acceptors (Lipinski definition) is 1. The summed E-state index contributed by atoms with van der Waals surface area (Å²) in [5, 5.41) is 0. The van der Waals surface area contributed by atoms with Crippen molar-refractivity contribution in [1.82, 2.24) is 0 Å². The first kappa shape index (κ1) is 9.05. The maximum Gasteiger partial charge on any atom is 0.00131 e. The molecule has 0 radical (unpaired) electrons. The van der Waals surface area contributed by atoms with Gasteiger partial charge in [0.15, 0.2) is 0 Å². The zero-order valence-electron chi connectivity index (χ0n) is 7.84. The average molecular weight is 155 g/mol. The maximum absolute atomic E-state index is 5.72. The van der Waals surface area contributed by atoms with E-state index in [2.05, 4.69) is 13.8 Å². The molecule has 0 bridgehead atoms. The van der Waals surface area contributed by atoms with Crippen molar-refractivity contribution in [2.75, 3.05) is 0 Å². The van der Waals surface area contributed by atoms with Crippen molar-refractivity contribution in [3.05, 3.63) is 0 Å². The van der Waals surface area contributed by atoms with Gasteiger partial charge in [0.2, 0.25) is 0 Å². The molecule has 66 valence electrons. The molecular weight excluding hydrogens is 134 g/mol. The summed E-state index contributed by atoms with van der Waals surface area (Å²) in [5.74, 6) is 2.01. The number of nitrogens with two attached hydrogens (primary N) is 1. The van der Waals surface area contributed by atoms with Gasteiger partial charge in [0.1, 0.15) is 0 Å². The Labute approximate surface area is 70.4 Å². The molecule has 1 unspecified atom stereocenters. The maximum atomic E-state index is 5.72. The van der Waals surface area contributed by atoms with Crippen LogP contribution in [0.15, 0.2) is 0 Å². The minimum absolute atomic E-state index is 0.419. The van der Waals surface area contributed by atoms with Crippen LogP contribution in [0.3, 0.4) is 0 Å². The summed E-state index contributed by atoms with van der Waals surface area (Å²) in [7, 11) is 0. The van der Waals surface area contributed by atoms with Crippen molar-refractivity contribution in [3.63, 3.8) is 0 Å². The largest absolute Gasteiger partial charge is 0.328 e. The average Bonchev–Trinajstić information content (AvgIpc) is 1.82. The SMILES string of the molecule is CCCC1CC(CC(C)N)C1. The van der Waals surface area contributed by atoms with Crippen LogP contribution >= 0.6 is 0 Å². The van der Waals surface area contributed by atoms with Crippen LogP contribution in [0.25, 0.3) is 0 Å². The molecule has 0 aromatic rings. The molecule has 1 heteroatoms. The number of hydrogen-bond donors (Lipinski definition) is 1. The fourth-order valence-electron chi connectivity index (χ4n) is 2.24. The predicted octanol–water partition coefficient (Wildman–Crippen LogP) is 2.55. The van der Waals surface area contributed by atoms with Crippen LogP contribution in [0.4, 0.5) is 0 Å². The van der Waals surface area contributed by atoms with Gasteiger partial charge in [-0.3, -0.25) is 0 Å². The quantitative estimate of drug-likeness (QED) is 0.663. The lowest BCUT2D eigenvalue weighted by Crippen LogP contribution is -2.29. The minimum atomic E-state index is 0.419. The third-order valence-corrected chi connectivity index (χ3v) is 2.74. The molecule has 0 spiro atoms. The lowest BCUT2D eigenvalue weighted by Gasteiger charge is -2.36. The number of rotatable bonds is 4. The van der Waals surface area contributed by atoms with Gasteiger partial charge in [-0.1, -0.05) is 19.8 Å². The lowest BCUT2D eigenvalue weighted by molar-refractivity contribution is 0.163. The molecule has 1 aliphatic rings. The fraction of sp³-hybridized carbons (Fsp3) is 1.00. The first-order valence-electron chi connectivity index (χ1n) is 4.98. The summed E-state index contributed by atoms with van der Waals surface area (Å²) in [6.45, 7) is 4.39. The van der Waals surface area contributed by atoms with E-state index in [9.17, 15) is 0 Å². The molecule has 11 heavy (non-hydrogen) atoms. The second-order valence-corrected chi connectivity index (χ2v) is 4.21. The molecule has 1 rings (SSSR count). The van der Waals surface area contributed by atoms with E-state index in [1.807, 2.05) is 0 Å². The summed E-state index contributed by atoms with van der Waals surface area (Å²) in [6.07, 6.45) is 6.95. The first-order valence-corrected chi connectivity index (χ1v) is 4.98. The smallest absolute Gasteiger partial charge is 0.00131 e. The van der Waals surface area contributed by atoms with E-state index in [1.165, 1.54) is 32.1 Å². The molecule has 2 N–H and O–H groups in total. The summed E-state index contributed by atoms with van der Waals surface area (Å²) >= 11 is 0. The van der Waals surface area contributed by atoms with Gasteiger partial charge < -0.3 is 5.73 Å². The van der Waals surface area contributed by atoms with Crippen molar-refractivity contribution in [3.8, 4) is 0 Å². The summed E-state index contributed by atoms with van der Waals surface area (Å²) in [4.78, 5) is 0. The van der Waals surface area contributed by atoms with Gasteiger partial charge in [-0.15, -0.1) is 0 Å². The van der Waals surface area contributed by atoms with Crippen LogP contribution in [-0.4, -0.2) is 6.04 Å². The molecule has 0 aromatic carbocycles. The minimum Gasteiger partial charge on any atom is -0.328 e. The van der Waals surface area contributed by atoms with Gasteiger partial charge in [0.05, 0.1) is 0 Å². The second kappa shape index (κ2) is 4.10. The third kappa shape index (κ3) is 2.82. The van der Waals surface area contributed by atoms with Gasteiger partial charge >= 0.3 is 0 Å². The van der Waals surface area contributed by atoms with Crippen molar-refractivity contribution in [1.29, 1.82) is 0 Å². The second-order valence-electron chi connectivity index (χ2n) is 4.21. The Morgan fingerprint density at radius 2 is 2.00 bits per heavy atom. The summed E-state index contributed by atoms with van der Waals surface area (Å²) in [5.41, 5.74) is 5.72. The molecule has 0 amide bonds. The van der Waals surface area contributed by atoms with E-state index in [4.69, 9.17) is 5.73 Å². The monoisotopic (exact) mass is 155 g/mol. The van der Waals surface area contributed by atoms with Crippen molar-refractivity contribution in [2.45, 2.75) is 52.0 Å². The highest BCUT2D eigenvalue weighted by atomic mass is 14.6. The highest BCUT2D eigenvalue weighted by Crippen LogP contribution is 2.39. The van der Waals surface area contributed by atoms with Crippen molar-refractivity contribution >= 4 is 0 Å². The summed E-state index contributed by atoms with van der Waals surface area (Å²) in [6, 6.07) is 0.419. The Balaban J connectivity index is 2.00. The van der Waals surface area contributed by atoms with E-state index in [0.717, 1.165) is 11.8 Å². The van der Waals surface area contributed by atoms with E-state index >= 15 is 0 Å². The zero-order valence-corrected chi connectivity index (χ0v) is 7.84. The van der Waals surface area contributed by atoms with Crippen LogP contribution in [0.1, 0.15) is 46.0 Å². The Kier molecular flexibility index (Phi) is 3.38. The van der Waals surface area contributed by atoms with Crippen LogP contribution in [-0.2, 0) is 0 Å². The lowest BCUT2D eigenvalue weighted by atomic mass is 9.70. The zero-order chi connectivity index (χ0) is 8.27. The van der Waals surface area contributed by atoms with E-state index < -0.39 is 0 Å². The normalized spacial score (nSPS) is 33.0. The standard InChI is InChI=1S/C10H21N/c1-3-4-9-6-10(7-9)5-8(2)11/h8-10H,3-7,11H2,1-2H3. The van der Waals surface area contributed by atoms with Gasteiger partial charge in [0, 0.05) is 6.04 Å². The van der Waals surface area contributed by atoms with Gasteiger partial charge in [-0.25, -0.2) is 0 Å². The molecule has 1 saturated carbocycles. The molecular formula is C10H21N. The molecule has 0 saturated heterocycles. The van der Waals surface area contributed by atoms with E-state index in [0.29, 0.717) is 6.04 Å². The molecule has 0 aromatic heterocycles. The molecule has 1 nitrogen and oxygen atoms in total. The Hall–Kier alpha value is -0.0400. The van der Waals surface area contributed by atoms with Gasteiger partial charge in [-0.05, 0) is 38.0 Å². The fourth-order valence-corrected chi connectivity index (χ4v) is 2.24. The van der Waals surface area contributed by atoms with Gasteiger partial charge in [-0.2, -0.15) is 0 Å². The molecule has 0 heterocycles. The van der Waals surface area contributed by atoms with Crippen LogP contribution in [0.5, 0.6) is 0 Å². The summed E-state index contributed by atoms with van der Waals surface area (Å²) < 4.78 is 0.